The Morgan fingerprint density at radius 1 is 0.909 bits per heavy atom. The highest BCUT2D eigenvalue weighted by Crippen LogP contribution is 2.30. The number of benzene rings is 2. The van der Waals surface area contributed by atoms with Crippen LogP contribution in [0, 0.1) is 0 Å². The van der Waals surface area contributed by atoms with Crippen molar-refractivity contribution < 1.29 is 17.9 Å². The fourth-order valence-electron chi connectivity index (χ4n) is 4.34. The zero-order valence-corrected chi connectivity index (χ0v) is 19.8. The number of carbonyl (C=O) groups excluding carboxylic acids is 1. The lowest BCUT2D eigenvalue weighted by molar-refractivity contribution is -0.126. The molecule has 0 atom stereocenters. The number of hydrogen-bond acceptors (Lipinski definition) is 5. The van der Waals surface area contributed by atoms with Crippen molar-refractivity contribution in [3.8, 4) is 5.75 Å². The molecule has 4 rings (SSSR count). The van der Waals surface area contributed by atoms with Gasteiger partial charge in [-0.25, -0.2) is 8.42 Å². The van der Waals surface area contributed by atoms with Crippen LogP contribution in [-0.2, 0) is 14.8 Å². The number of para-hydroxylation sites is 1. The number of piperazine rings is 1. The summed E-state index contributed by atoms with van der Waals surface area (Å²) in [5, 5.41) is 0. The van der Waals surface area contributed by atoms with Crippen molar-refractivity contribution in [2.45, 2.75) is 24.2 Å². The Morgan fingerprint density at radius 3 is 2.27 bits per heavy atom. The summed E-state index contributed by atoms with van der Waals surface area (Å²) in [7, 11) is -2.17. The SMILES string of the molecule is COc1ccc(/C=C/C(=O)N2CCN(c3ccccc3)CC2)cc1S(=O)(=O)N1CCCCC1. The first-order valence-corrected chi connectivity index (χ1v) is 12.9. The van der Waals surface area contributed by atoms with Gasteiger partial charge in [-0.15, -0.1) is 0 Å². The number of amides is 1. The van der Waals surface area contributed by atoms with E-state index in [-0.39, 0.29) is 10.8 Å². The standard InChI is InChI=1S/C25H31N3O4S/c1-32-23-12-10-21(20-24(23)33(30,31)28-14-6-3-7-15-28)11-13-25(29)27-18-16-26(17-19-27)22-8-4-2-5-9-22/h2,4-5,8-13,20H,3,6-7,14-19H2,1H3/b13-11+. The molecule has 2 aliphatic rings. The minimum Gasteiger partial charge on any atom is -0.495 e. The molecule has 7 nitrogen and oxygen atoms in total. The fourth-order valence-corrected chi connectivity index (χ4v) is 6.05. The van der Waals surface area contributed by atoms with Crippen molar-refractivity contribution >= 4 is 27.7 Å². The van der Waals surface area contributed by atoms with E-state index in [2.05, 4.69) is 17.0 Å². The van der Waals surface area contributed by atoms with E-state index < -0.39 is 10.0 Å². The molecule has 8 heteroatoms. The van der Waals surface area contributed by atoms with E-state index in [9.17, 15) is 13.2 Å². The van der Waals surface area contributed by atoms with Gasteiger partial charge in [0.05, 0.1) is 7.11 Å². The Bertz CT molecular complexity index is 1090. The molecule has 0 aromatic heterocycles. The van der Waals surface area contributed by atoms with E-state index >= 15 is 0 Å². The molecular formula is C25H31N3O4S. The van der Waals surface area contributed by atoms with Crippen molar-refractivity contribution in [2.24, 2.45) is 0 Å². The molecular weight excluding hydrogens is 438 g/mol. The Kier molecular flexibility index (Phi) is 7.35. The maximum absolute atomic E-state index is 13.2. The van der Waals surface area contributed by atoms with Gasteiger partial charge < -0.3 is 14.5 Å². The van der Waals surface area contributed by atoms with E-state index in [1.165, 1.54) is 23.2 Å². The Balaban J connectivity index is 1.44. The molecule has 2 heterocycles. The maximum Gasteiger partial charge on any atom is 0.246 e. The molecule has 2 fully saturated rings. The molecule has 2 saturated heterocycles. The van der Waals surface area contributed by atoms with Gasteiger partial charge in [-0.1, -0.05) is 30.7 Å². The average Bonchev–Trinajstić information content (AvgIpc) is 2.88. The number of methoxy groups -OCH3 is 1. The molecule has 0 saturated carbocycles. The van der Waals surface area contributed by atoms with Crippen LogP contribution in [0.25, 0.3) is 6.08 Å². The number of ether oxygens (including phenoxy) is 1. The number of anilines is 1. The van der Waals surface area contributed by atoms with Gasteiger partial charge in [0.25, 0.3) is 0 Å². The van der Waals surface area contributed by atoms with Crippen molar-refractivity contribution in [3.05, 3.63) is 60.2 Å². The lowest BCUT2D eigenvalue weighted by Gasteiger charge is -2.35. The predicted octanol–water partition coefficient (Wildman–Crippen LogP) is 3.23. The van der Waals surface area contributed by atoms with Crippen molar-refractivity contribution in [1.29, 1.82) is 0 Å². The van der Waals surface area contributed by atoms with Crippen LogP contribution >= 0.6 is 0 Å². The molecule has 0 bridgehead atoms. The van der Waals surface area contributed by atoms with Crippen LogP contribution in [0.4, 0.5) is 5.69 Å². The van der Waals surface area contributed by atoms with Gasteiger partial charge in [0.2, 0.25) is 15.9 Å². The van der Waals surface area contributed by atoms with Crippen LogP contribution in [0.15, 0.2) is 59.5 Å². The second-order valence-corrected chi connectivity index (χ2v) is 10.3. The fraction of sp³-hybridized carbons (Fsp3) is 0.400. The molecule has 2 aromatic carbocycles. The molecule has 2 aliphatic heterocycles. The second kappa shape index (κ2) is 10.4. The zero-order valence-electron chi connectivity index (χ0n) is 19.0. The van der Waals surface area contributed by atoms with Crippen LogP contribution in [-0.4, -0.2) is 69.9 Å². The lowest BCUT2D eigenvalue weighted by Crippen LogP contribution is -2.48. The van der Waals surface area contributed by atoms with E-state index in [4.69, 9.17) is 4.74 Å². The van der Waals surface area contributed by atoms with Crippen LogP contribution in [0.1, 0.15) is 24.8 Å². The summed E-state index contributed by atoms with van der Waals surface area (Å²) in [6.45, 7) is 3.91. The Morgan fingerprint density at radius 2 is 1.61 bits per heavy atom. The van der Waals surface area contributed by atoms with Gasteiger partial charge >= 0.3 is 0 Å². The molecule has 33 heavy (non-hydrogen) atoms. The molecule has 176 valence electrons. The third-order valence-electron chi connectivity index (χ3n) is 6.25. The van der Waals surface area contributed by atoms with Gasteiger partial charge in [0, 0.05) is 51.0 Å². The van der Waals surface area contributed by atoms with Crippen molar-refractivity contribution in [1.82, 2.24) is 9.21 Å². The van der Waals surface area contributed by atoms with Crippen LogP contribution in [0.5, 0.6) is 5.75 Å². The highest BCUT2D eigenvalue weighted by molar-refractivity contribution is 7.89. The number of sulfonamides is 1. The summed E-state index contributed by atoms with van der Waals surface area (Å²) in [5.41, 5.74) is 1.82. The predicted molar refractivity (Wildman–Crippen MR) is 130 cm³/mol. The highest BCUT2D eigenvalue weighted by Gasteiger charge is 2.29. The zero-order chi connectivity index (χ0) is 23.3. The quantitative estimate of drug-likeness (QED) is 0.608. The van der Waals surface area contributed by atoms with Gasteiger partial charge in [-0.05, 0) is 48.7 Å². The average molecular weight is 470 g/mol. The molecule has 0 N–H and O–H groups in total. The van der Waals surface area contributed by atoms with E-state index in [1.807, 2.05) is 23.1 Å². The first-order chi connectivity index (χ1) is 16.0. The van der Waals surface area contributed by atoms with Crippen LogP contribution in [0.3, 0.4) is 0 Å². The minimum absolute atomic E-state index is 0.0704. The van der Waals surface area contributed by atoms with Crippen LogP contribution in [0.2, 0.25) is 0 Å². The van der Waals surface area contributed by atoms with E-state index in [0.717, 1.165) is 32.4 Å². The normalized spacial score (nSPS) is 18.0. The first kappa shape index (κ1) is 23.3. The molecule has 0 radical (unpaired) electrons. The number of rotatable bonds is 6. The Hall–Kier alpha value is -2.84. The molecule has 0 aliphatic carbocycles. The third kappa shape index (κ3) is 5.39. The smallest absolute Gasteiger partial charge is 0.246 e. The summed E-state index contributed by atoms with van der Waals surface area (Å²) >= 11 is 0. The third-order valence-corrected chi connectivity index (χ3v) is 8.17. The number of nitrogens with zero attached hydrogens (tertiary/aromatic N) is 3. The summed E-state index contributed by atoms with van der Waals surface area (Å²) in [5.74, 6) is 0.250. The number of hydrogen-bond donors (Lipinski definition) is 0. The van der Waals surface area contributed by atoms with Crippen molar-refractivity contribution in [2.75, 3.05) is 51.3 Å². The highest BCUT2D eigenvalue weighted by atomic mass is 32.2. The summed E-state index contributed by atoms with van der Waals surface area (Å²) in [4.78, 5) is 17.0. The van der Waals surface area contributed by atoms with Gasteiger partial charge in [0.15, 0.2) is 0 Å². The molecule has 2 aromatic rings. The molecule has 0 spiro atoms. The Labute approximate surface area is 196 Å². The summed E-state index contributed by atoms with van der Waals surface area (Å²) in [6.07, 6.45) is 5.99. The monoisotopic (exact) mass is 469 g/mol. The van der Waals surface area contributed by atoms with Crippen molar-refractivity contribution in [3.63, 3.8) is 0 Å². The first-order valence-electron chi connectivity index (χ1n) is 11.4. The molecule has 0 unspecified atom stereocenters. The summed E-state index contributed by atoms with van der Waals surface area (Å²) in [6, 6.07) is 15.2. The van der Waals surface area contributed by atoms with Gasteiger partial charge in [0.1, 0.15) is 10.6 Å². The van der Waals surface area contributed by atoms with Gasteiger partial charge in [-0.2, -0.15) is 4.31 Å². The summed E-state index contributed by atoms with van der Waals surface area (Å²) < 4.78 is 33.3. The lowest BCUT2D eigenvalue weighted by atomic mass is 10.2. The van der Waals surface area contributed by atoms with Gasteiger partial charge in [-0.3, -0.25) is 4.79 Å². The van der Waals surface area contributed by atoms with E-state index in [1.54, 1.807) is 24.3 Å². The topological polar surface area (TPSA) is 70.2 Å². The van der Waals surface area contributed by atoms with E-state index in [0.29, 0.717) is 37.5 Å². The van der Waals surface area contributed by atoms with Crippen LogP contribution < -0.4 is 9.64 Å². The number of carbonyl (C=O) groups is 1. The second-order valence-electron chi connectivity index (χ2n) is 8.36. The largest absolute Gasteiger partial charge is 0.495 e. The molecule has 1 amide bonds. The maximum atomic E-state index is 13.2. The minimum atomic E-state index is -3.65. The number of piperidine rings is 1.